The van der Waals surface area contributed by atoms with Crippen molar-refractivity contribution in [1.29, 1.82) is 0 Å². The molecule has 2 amide bonds. The van der Waals surface area contributed by atoms with Crippen molar-refractivity contribution in [2.24, 2.45) is 5.92 Å². The predicted molar refractivity (Wildman–Crippen MR) is 96.2 cm³/mol. The summed E-state index contributed by atoms with van der Waals surface area (Å²) >= 11 is 0. The summed E-state index contributed by atoms with van der Waals surface area (Å²) in [7, 11) is 0. The van der Waals surface area contributed by atoms with E-state index in [0.717, 1.165) is 32.1 Å². The first-order valence-corrected chi connectivity index (χ1v) is 9.40. The number of nitrogens with zero attached hydrogens (tertiary/aromatic N) is 1. The molecule has 0 bridgehead atoms. The number of amides is 2. The third kappa shape index (κ3) is 4.60. The number of benzene rings is 1. The second-order valence-electron chi connectivity index (χ2n) is 7.01. The number of likely N-dealkylation sites (tertiary alicyclic amines) is 1. The van der Waals surface area contributed by atoms with E-state index in [-0.39, 0.29) is 30.4 Å². The highest BCUT2D eigenvalue weighted by molar-refractivity contribution is 5.80. The number of aryl methyl sites for hydroxylation is 1. The van der Waals surface area contributed by atoms with Crippen LogP contribution < -0.4 is 5.32 Å². The largest absolute Gasteiger partial charge is 0.372 e. The minimum atomic E-state index is 0.0216. The van der Waals surface area contributed by atoms with Crippen molar-refractivity contribution >= 4 is 11.8 Å². The van der Waals surface area contributed by atoms with Gasteiger partial charge in [-0.2, -0.15) is 0 Å². The summed E-state index contributed by atoms with van der Waals surface area (Å²) < 4.78 is 5.18. The SMILES string of the molecule is CCOCC(=O)N1CCC(C(=O)N[C@H]2CCc3ccccc3C2)CC1. The van der Waals surface area contributed by atoms with Crippen LogP contribution in [0, 0.1) is 5.92 Å². The van der Waals surface area contributed by atoms with Gasteiger partial charge in [0.2, 0.25) is 11.8 Å². The summed E-state index contributed by atoms with van der Waals surface area (Å²) in [6.07, 6.45) is 4.45. The Labute approximate surface area is 149 Å². The van der Waals surface area contributed by atoms with Crippen LogP contribution in [0.4, 0.5) is 0 Å². The highest BCUT2D eigenvalue weighted by Crippen LogP contribution is 2.23. The summed E-state index contributed by atoms with van der Waals surface area (Å²) in [5.41, 5.74) is 2.77. The van der Waals surface area contributed by atoms with Gasteiger partial charge in [0, 0.05) is 31.7 Å². The predicted octanol–water partition coefficient (Wildman–Crippen LogP) is 1.94. The molecule has 1 atom stereocenters. The van der Waals surface area contributed by atoms with Crippen LogP contribution >= 0.6 is 0 Å². The fourth-order valence-electron chi connectivity index (χ4n) is 3.81. The summed E-state index contributed by atoms with van der Waals surface area (Å²) in [6, 6.07) is 8.73. The first-order valence-electron chi connectivity index (χ1n) is 9.40. The fourth-order valence-corrected chi connectivity index (χ4v) is 3.81. The van der Waals surface area contributed by atoms with Gasteiger partial charge in [-0.05, 0) is 50.2 Å². The summed E-state index contributed by atoms with van der Waals surface area (Å²) in [4.78, 5) is 26.4. The topological polar surface area (TPSA) is 58.6 Å². The smallest absolute Gasteiger partial charge is 0.248 e. The fraction of sp³-hybridized carbons (Fsp3) is 0.600. The van der Waals surface area contributed by atoms with Crippen LogP contribution in [0.1, 0.15) is 37.3 Å². The molecular weight excluding hydrogens is 316 g/mol. The molecule has 25 heavy (non-hydrogen) atoms. The number of ether oxygens (including phenoxy) is 1. The summed E-state index contributed by atoms with van der Waals surface area (Å²) in [5.74, 6) is 0.208. The molecule has 3 rings (SSSR count). The maximum absolute atomic E-state index is 12.6. The molecule has 5 heteroatoms. The van der Waals surface area contributed by atoms with Crippen LogP contribution in [-0.2, 0) is 27.2 Å². The van der Waals surface area contributed by atoms with Gasteiger partial charge in [-0.15, -0.1) is 0 Å². The highest BCUT2D eigenvalue weighted by Gasteiger charge is 2.29. The molecule has 0 spiro atoms. The number of nitrogens with one attached hydrogen (secondary N) is 1. The number of piperidine rings is 1. The van der Waals surface area contributed by atoms with Gasteiger partial charge < -0.3 is 15.0 Å². The lowest BCUT2D eigenvalue weighted by Crippen LogP contribution is -2.47. The molecule has 0 unspecified atom stereocenters. The van der Waals surface area contributed by atoms with E-state index in [1.165, 1.54) is 11.1 Å². The first-order chi connectivity index (χ1) is 12.2. The lowest BCUT2D eigenvalue weighted by molar-refractivity contribution is -0.139. The molecule has 0 radical (unpaired) electrons. The Hall–Kier alpha value is -1.88. The minimum absolute atomic E-state index is 0.0216. The van der Waals surface area contributed by atoms with Crippen molar-refractivity contribution in [1.82, 2.24) is 10.2 Å². The Kier molecular flexibility index (Phi) is 6.08. The van der Waals surface area contributed by atoms with E-state index < -0.39 is 0 Å². The second-order valence-corrected chi connectivity index (χ2v) is 7.01. The molecule has 1 heterocycles. The number of hydrogen-bond acceptors (Lipinski definition) is 3. The van der Waals surface area contributed by atoms with E-state index in [1.54, 1.807) is 0 Å². The lowest BCUT2D eigenvalue weighted by Gasteiger charge is -2.33. The molecular formula is C20H28N2O3. The van der Waals surface area contributed by atoms with Crippen LogP contribution in [-0.4, -0.2) is 49.1 Å². The Bertz CT molecular complexity index is 609. The van der Waals surface area contributed by atoms with Gasteiger partial charge in [-0.1, -0.05) is 24.3 Å². The summed E-state index contributed by atoms with van der Waals surface area (Å²) in [6.45, 7) is 3.88. The number of carbonyl (C=O) groups is 2. The van der Waals surface area contributed by atoms with Gasteiger partial charge in [0.25, 0.3) is 0 Å². The molecule has 0 aromatic heterocycles. The Morgan fingerprint density at radius 1 is 1.16 bits per heavy atom. The van der Waals surface area contributed by atoms with E-state index in [0.29, 0.717) is 19.7 Å². The Balaban J connectivity index is 1.45. The number of fused-ring (bicyclic) bond motifs is 1. The molecule has 1 aliphatic carbocycles. The average Bonchev–Trinajstić information content (AvgIpc) is 2.66. The zero-order chi connectivity index (χ0) is 17.6. The molecule has 1 N–H and O–H groups in total. The quantitative estimate of drug-likeness (QED) is 0.888. The Morgan fingerprint density at radius 3 is 2.60 bits per heavy atom. The lowest BCUT2D eigenvalue weighted by atomic mass is 9.87. The van der Waals surface area contributed by atoms with Gasteiger partial charge in [0.15, 0.2) is 0 Å². The van der Waals surface area contributed by atoms with Crippen molar-refractivity contribution in [3.63, 3.8) is 0 Å². The minimum Gasteiger partial charge on any atom is -0.372 e. The molecule has 1 fully saturated rings. The zero-order valence-corrected chi connectivity index (χ0v) is 15.0. The third-order valence-corrected chi connectivity index (χ3v) is 5.34. The van der Waals surface area contributed by atoms with E-state index in [2.05, 4.69) is 29.6 Å². The van der Waals surface area contributed by atoms with E-state index >= 15 is 0 Å². The first kappa shape index (κ1) is 17.9. The van der Waals surface area contributed by atoms with Crippen molar-refractivity contribution < 1.29 is 14.3 Å². The van der Waals surface area contributed by atoms with Gasteiger partial charge >= 0.3 is 0 Å². The molecule has 136 valence electrons. The maximum atomic E-state index is 12.6. The van der Waals surface area contributed by atoms with Crippen LogP contribution in [0.5, 0.6) is 0 Å². The van der Waals surface area contributed by atoms with Crippen LogP contribution in [0.2, 0.25) is 0 Å². The van der Waals surface area contributed by atoms with Gasteiger partial charge in [-0.25, -0.2) is 0 Å². The Morgan fingerprint density at radius 2 is 1.88 bits per heavy atom. The van der Waals surface area contributed by atoms with Crippen LogP contribution in [0.3, 0.4) is 0 Å². The molecule has 1 saturated heterocycles. The standard InChI is InChI=1S/C20H28N2O3/c1-2-25-14-19(23)22-11-9-16(10-12-22)20(24)21-18-8-7-15-5-3-4-6-17(15)13-18/h3-6,16,18H,2,7-14H2,1H3,(H,21,24)/t18-/m0/s1. The van der Waals surface area contributed by atoms with E-state index in [1.807, 2.05) is 11.8 Å². The monoisotopic (exact) mass is 344 g/mol. The molecule has 1 aromatic carbocycles. The van der Waals surface area contributed by atoms with E-state index in [4.69, 9.17) is 4.74 Å². The van der Waals surface area contributed by atoms with Crippen molar-refractivity contribution in [3.05, 3.63) is 35.4 Å². The maximum Gasteiger partial charge on any atom is 0.248 e. The summed E-state index contributed by atoms with van der Waals surface area (Å²) in [5, 5.41) is 3.24. The molecule has 1 aliphatic heterocycles. The molecule has 5 nitrogen and oxygen atoms in total. The second kappa shape index (κ2) is 8.48. The number of carbonyl (C=O) groups excluding carboxylic acids is 2. The van der Waals surface area contributed by atoms with Gasteiger partial charge in [-0.3, -0.25) is 9.59 Å². The van der Waals surface area contributed by atoms with Crippen molar-refractivity contribution in [2.75, 3.05) is 26.3 Å². The molecule has 2 aliphatic rings. The van der Waals surface area contributed by atoms with Crippen LogP contribution in [0.15, 0.2) is 24.3 Å². The normalized spacial score (nSPS) is 20.8. The molecule has 1 aromatic rings. The van der Waals surface area contributed by atoms with Crippen LogP contribution in [0.25, 0.3) is 0 Å². The van der Waals surface area contributed by atoms with Gasteiger partial charge in [0.05, 0.1) is 0 Å². The van der Waals surface area contributed by atoms with Crippen molar-refractivity contribution in [2.45, 2.75) is 45.1 Å². The zero-order valence-electron chi connectivity index (χ0n) is 15.0. The van der Waals surface area contributed by atoms with E-state index in [9.17, 15) is 9.59 Å². The third-order valence-electron chi connectivity index (χ3n) is 5.34. The number of rotatable bonds is 5. The van der Waals surface area contributed by atoms with Crippen molar-refractivity contribution in [3.8, 4) is 0 Å². The highest BCUT2D eigenvalue weighted by atomic mass is 16.5. The number of hydrogen-bond donors (Lipinski definition) is 1. The average molecular weight is 344 g/mol. The van der Waals surface area contributed by atoms with Gasteiger partial charge in [0.1, 0.15) is 6.61 Å². The molecule has 0 saturated carbocycles.